The average Bonchev–Trinajstić information content (AvgIpc) is 0.887. The number of hydrogen-bond donors (Lipinski definition) is 0. The first-order valence-corrected chi connectivity index (χ1v) is 34.2. The highest BCUT2D eigenvalue weighted by Gasteiger charge is 2.45. The molecule has 0 saturated carbocycles. The smallest absolute Gasteiger partial charge is 0.252 e. The first-order valence-electron chi connectivity index (χ1n) is 34.2. The molecule has 0 aliphatic carbocycles. The molecule has 0 N–H and O–H groups in total. The van der Waals surface area contributed by atoms with Crippen molar-refractivity contribution in [1.82, 2.24) is 4.57 Å². The lowest BCUT2D eigenvalue weighted by molar-refractivity contribution is 0.590. The highest BCUT2D eigenvalue weighted by molar-refractivity contribution is 7.00. The molecule has 3 heterocycles. The van der Waals surface area contributed by atoms with E-state index in [9.17, 15) is 0 Å². The molecule has 0 amide bonds. The standard InChI is InChI=1S/C92H69BN4/c1-91(2,3)60-39-48-84-80(51-60)81-52-61(92(4,5)6)40-49-85(81)95(84)66-43-46-82-87(55-66)97(65-42-45-77-73-35-19-17-31-69(73)71-33-21-23-37-75(71)79(77)54-65)89-57-67(94(62-26-12-8-13-27-62)63-28-14-9-15-29-63)56-88-90(89)93(82)83-50-59(58-24-10-7-11-25-58)38-47-86(83)96(88)64-41-44-76-72-34-18-16-30-68(72)70-32-20-22-36-74(70)78(76)53-64/h7-57H,1-6H3. The van der Waals surface area contributed by atoms with E-state index in [0.29, 0.717) is 0 Å². The summed E-state index contributed by atoms with van der Waals surface area (Å²) in [6, 6.07) is 117. The third-order valence-corrected chi connectivity index (χ3v) is 21.2. The molecule has 19 rings (SSSR count). The van der Waals surface area contributed by atoms with E-state index in [1.807, 2.05) is 0 Å². The Labute approximate surface area is 566 Å². The Morgan fingerprint density at radius 2 is 0.660 bits per heavy atom. The van der Waals surface area contributed by atoms with E-state index in [4.69, 9.17) is 0 Å². The first-order chi connectivity index (χ1) is 47.4. The molecule has 5 heteroatoms. The summed E-state index contributed by atoms with van der Waals surface area (Å²) < 4.78 is 2.54. The number of para-hydroxylation sites is 2. The van der Waals surface area contributed by atoms with Crippen LogP contribution < -0.4 is 31.1 Å². The van der Waals surface area contributed by atoms with Crippen molar-refractivity contribution >= 4 is 161 Å². The van der Waals surface area contributed by atoms with Crippen molar-refractivity contribution < 1.29 is 0 Å². The number of hydrogen-bond acceptors (Lipinski definition) is 3. The van der Waals surface area contributed by atoms with Crippen molar-refractivity contribution in [2.45, 2.75) is 52.4 Å². The van der Waals surface area contributed by atoms with Gasteiger partial charge in [0.2, 0.25) is 0 Å². The normalized spacial score (nSPS) is 13.0. The molecule has 4 nitrogen and oxygen atoms in total. The van der Waals surface area contributed by atoms with Gasteiger partial charge in [0, 0.05) is 62.0 Å². The van der Waals surface area contributed by atoms with Gasteiger partial charge in [0.05, 0.1) is 16.7 Å². The van der Waals surface area contributed by atoms with E-state index in [1.54, 1.807) is 0 Å². The summed E-state index contributed by atoms with van der Waals surface area (Å²) in [5, 5.41) is 17.4. The Kier molecular flexibility index (Phi) is 12.6. The molecule has 1 aromatic heterocycles. The third-order valence-electron chi connectivity index (χ3n) is 21.2. The van der Waals surface area contributed by atoms with Crippen molar-refractivity contribution in [2.24, 2.45) is 0 Å². The van der Waals surface area contributed by atoms with Crippen LogP contribution in [0, 0.1) is 0 Å². The summed E-state index contributed by atoms with van der Waals surface area (Å²) in [4.78, 5) is 7.70. The van der Waals surface area contributed by atoms with Crippen molar-refractivity contribution in [1.29, 1.82) is 0 Å². The number of aromatic nitrogens is 1. The largest absolute Gasteiger partial charge is 0.311 e. The number of benzene rings is 16. The molecule has 0 atom stereocenters. The van der Waals surface area contributed by atoms with Gasteiger partial charge >= 0.3 is 0 Å². The van der Waals surface area contributed by atoms with E-state index in [0.717, 1.165) is 56.9 Å². The van der Waals surface area contributed by atoms with Crippen LogP contribution in [0.25, 0.3) is 103 Å². The molecule has 0 unspecified atom stereocenters. The molecular formula is C92H69BN4. The first kappa shape index (κ1) is 56.8. The van der Waals surface area contributed by atoms with E-state index in [-0.39, 0.29) is 17.5 Å². The van der Waals surface area contributed by atoms with Gasteiger partial charge in [-0.2, -0.15) is 0 Å². The van der Waals surface area contributed by atoms with Gasteiger partial charge < -0.3 is 19.3 Å². The zero-order valence-electron chi connectivity index (χ0n) is 55.3. The second kappa shape index (κ2) is 21.4. The minimum Gasteiger partial charge on any atom is -0.311 e. The molecule has 0 saturated heterocycles. The van der Waals surface area contributed by atoms with Gasteiger partial charge in [0.1, 0.15) is 0 Å². The van der Waals surface area contributed by atoms with Crippen LogP contribution in [0.15, 0.2) is 309 Å². The number of rotatable bonds is 7. The lowest BCUT2D eigenvalue weighted by atomic mass is 9.33. The molecule has 97 heavy (non-hydrogen) atoms. The Hall–Kier alpha value is -11.7. The summed E-state index contributed by atoms with van der Waals surface area (Å²) in [6.45, 7) is 13.8. The summed E-state index contributed by atoms with van der Waals surface area (Å²) >= 11 is 0. The predicted molar refractivity (Wildman–Crippen MR) is 417 cm³/mol. The lowest BCUT2D eigenvalue weighted by Gasteiger charge is -2.45. The lowest BCUT2D eigenvalue weighted by Crippen LogP contribution is -2.61. The Morgan fingerprint density at radius 1 is 0.258 bits per heavy atom. The van der Waals surface area contributed by atoms with Crippen LogP contribution in [0.2, 0.25) is 0 Å². The van der Waals surface area contributed by atoms with Gasteiger partial charge in [-0.25, -0.2) is 0 Å². The molecule has 0 fully saturated rings. The van der Waals surface area contributed by atoms with Crippen LogP contribution >= 0.6 is 0 Å². The number of anilines is 9. The van der Waals surface area contributed by atoms with Crippen molar-refractivity contribution in [3.05, 3.63) is 321 Å². The monoisotopic (exact) mass is 1240 g/mol. The van der Waals surface area contributed by atoms with Crippen LogP contribution in [0.5, 0.6) is 0 Å². The molecule has 2 aliphatic heterocycles. The van der Waals surface area contributed by atoms with E-state index in [2.05, 4.69) is 370 Å². The maximum absolute atomic E-state index is 2.64. The van der Waals surface area contributed by atoms with Crippen LogP contribution in [0.1, 0.15) is 52.7 Å². The second-order valence-electron chi connectivity index (χ2n) is 28.8. The van der Waals surface area contributed by atoms with Gasteiger partial charge in [0.25, 0.3) is 6.71 Å². The fraction of sp³-hybridized carbons (Fsp3) is 0.0870. The van der Waals surface area contributed by atoms with Crippen LogP contribution in [0.3, 0.4) is 0 Å². The summed E-state index contributed by atoms with van der Waals surface area (Å²) in [5.41, 5.74) is 22.0. The quantitative estimate of drug-likeness (QED) is 0.117. The summed E-state index contributed by atoms with van der Waals surface area (Å²) in [5.74, 6) is 0. The predicted octanol–water partition coefficient (Wildman–Crippen LogP) is 23.5. The molecule has 0 radical (unpaired) electrons. The highest BCUT2D eigenvalue weighted by atomic mass is 15.2. The van der Waals surface area contributed by atoms with Gasteiger partial charge in [-0.1, -0.05) is 248 Å². The molecule has 17 aromatic rings. The van der Waals surface area contributed by atoms with E-state index >= 15 is 0 Å². The molecule has 0 spiro atoms. The highest BCUT2D eigenvalue weighted by Crippen LogP contribution is 2.51. The molecule has 0 bridgehead atoms. The maximum atomic E-state index is 2.64. The molecule has 16 aromatic carbocycles. The molecule has 2 aliphatic rings. The van der Waals surface area contributed by atoms with Gasteiger partial charge in [-0.15, -0.1) is 0 Å². The second-order valence-corrected chi connectivity index (χ2v) is 28.8. The van der Waals surface area contributed by atoms with E-state index in [1.165, 1.54) is 125 Å². The van der Waals surface area contributed by atoms with Crippen molar-refractivity contribution in [3.63, 3.8) is 0 Å². The Bertz CT molecular complexity index is 5930. The topological polar surface area (TPSA) is 14.7 Å². The SMILES string of the molecule is CC(C)(C)c1ccc2c(c1)c1cc(C(C)(C)C)ccc1n2-c1ccc2c(c1)N(c1ccc3c4ccccc4c4ccccc4c3c1)c1cc(N(c3ccccc3)c3ccccc3)cc3c1B2c1cc(-c2ccccc2)ccc1N3c1ccc2c3ccccc3c3ccccc3c2c1. The number of nitrogens with zero attached hydrogens (tertiary/aromatic N) is 4. The van der Waals surface area contributed by atoms with E-state index < -0.39 is 0 Å². The van der Waals surface area contributed by atoms with Crippen LogP contribution in [-0.4, -0.2) is 11.3 Å². The van der Waals surface area contributed by atoms with Gasteiger partial charge in [-0.05, 0) is 217 Å². The zero-order chi connectivity index (χ0) is 65.0. The Morgan fingerprint density at radius 3 is 1.11 bits per heavy atom. The number of fused-ring (bicyclic) bond motifs is 19. The molecule has 460 valence electrons. The van der Waals surface area contributed by atoms with Gasteiger partial charge in [0.15, 0.2) is 0 Å². The minimum atomic E-state index is -0.200. The van der Waals surface area contributed by atoms with Crippen LogP contribution in [-0.2, 0) is 10.8 Å². The third kappa shape index (κ3) is 8.84. The Balaban J connectivity index is 0.959. The zero-order valence-corrected chi connectivity index (χ0v) is 55.3. The minimum absolute atomic E-state index is 0.0421. The molecular weight excluding hydrogens is 1170 g/mol. The average molecular weight is 1240 g/mol. The fourth-order valence-electron chi connectivity index (χ4n) is 16.5. The van der Waals surface area contributed by atoms with Crippen LogP contribution in [0.4, 0.5) is 51.2 Å². The summed E-state index contributed by atoms with van der Waals surface area (Å²) in [7, 11) is 0. The maximum Gasteiger partial charge on any atom is 0.252 e. The fourth-order valence-corrected chi connectivity index (χ4v) is 16.5. The van der Waals surface area contributed by atoms with Crippen molar-refractivity contribution in [3.8, 4) is 16.8 Å². The van der Waals surface area contributed by atoms with Crippen molar-refractivity contribution in [2.75, 3.05) is 14.7 Å². The summed E-state index contributed by atoms with van der Waals surface area (Å²) in [6.07, 6.45) is 0. The van der Waals surface area contributed by atoms with Gasteiger partial charge in [-0.3, -0.25) is 0 Å².